The van der Waals surface area contributed by atoms with Gasteiger partial charge in [0, 0.05) is 31.4 Å². The van der Waals surface area contributed by atoms with Crippen LogP contribution in [0.5, 0.6) is 0 Å². The van der Waals surface area contributed by atoms with Gasteiger partial charge >= 0.3 is 0 Å². The van der Waals surface area contributed by atoms with Gasteiger partial charge in [0.2, 0.25) is 0 Å². The Morgan fingerprint density at radius 2 is 2.00 bits per heavy atom. The summed E-state index contributed by atoms with van der Waals surface area (Å²) in [7, 11) is 1.79. The number of pyridine rings is 1. The van der Waals surface area contributed by atoms with Crippen molar-refractivity contribution in [3.63, 3.8) is 0 Å². The number of fused-ring (bicyclic) bond motifs is 1. The molecule has 0 aliphatic heterocycles. The molecule has 0 bridgehead atoms. The van der Waals surface area contributed by atoms with Gasteiger partial charge < -0.3 is 10.6 Å². The zero-order valence-corrected chi connectivity index (χ0v) is 20.2. The normalized spacial score (nSPS) is 12.3. The number of hydrogen-bond acceptors (Lipinski definition) is 7. The number of amides is 1. The molecule has 0 saturated heterocycles. The van der Waals surface area contributed by atoms with Gasteiger partial charge in [-0.3, -0.25) is 9.69 Å². The molecule has 4 aromatic rings. The Morgan fingerprint density at radius 3 is 2.70 bits per heavy atom. The molecular formula is C24H29N7OS. The van der Waals surface area contributed by atoms with Gasteiger partial charge in [-0.15, -0.1) is 11.3 Å². The molecule has 0 aliphatic carbocycles. The van der Waals surface area contributed by atoms with E-state index in [1.807, 2.05) is 29.8 Å². The first-order valence-corrected chi connectivity index (χ1v) is 12.0. The van der Waals surface area contributed by atoms with Crippen molar-refractivity contribution < 1.29 is 4.79 Å². The highest BCUT2D eigenvalue weighted by Gasteiger charge is 2.17. The van der Waals surface area contributed by atoms with Gasteiger partial charge in [-0.1, -0.05) is 19.9 Å². The number of carbonyl (C=O) groups excluding carboxylic acids is 1. The third kappa shape index (κ3) is 4.89. The summed E-state index contributed by atoms with van der Waals surface area (Å²) >= 11 is 1.64. The quantitative estimate of drug-likeness (QED) is 0.390. The van der Waals surface area contributed by atoms with Crippen LogP contribution in [0, 0.1) is 0 Å². The van der Waals surface area contributed by atoms with E-state index in [-0.39, 0.29) is 11.9 Å². The van der Waals surface area contributed by atoms with Crippen molar-refractivity contribution in [1.29, 1.82) is 0 Å². The van der Waals surface area contributed by atoms with E-state index in [2.05, 4.69) is 46.4 Å². The lowest BCUT2D eigenvalue weighted by atomic mass is 10.1. The number of aromatic nitrogens is 4. The van der Waals surface area contributed by atoms with E-state index in [0.717, 1.165) is 29.2 Å². The molecule has 0 aromatic carbocycles. The van der Waals surface area contributed by atoms with Crippen molar-refractivity contribution >= 4 is 28.7 Å². The monoisotopic (exact) mass is 463 g/mol. The lowest BCUT2D eigenvalue weighted by molar-refractivity contribution is 0.0938. The molecule has 0 aliphatic rings. The number of thiophene rings is 1. The number of likely N-dealkylation sites (N-methyl/N-ethyl adjacent to an activating group) is 1. The number of carbonyl (C=O) groups is 1. The second kappa shape index (κ2) is 10.1. The van der Waals surface area contributed by atoms with Crippen LogP contribution in [0.1, 0.15) is 31.1 Å². The summed E-state index contributed by atoms with van der Waals surface area (Å²) < 4.78 is 1.73. The van der Waals surface area contributed by atoms with Crippen molar-refractivity contribution in [1.82, 2.24) is 29.8 Å². The summed E-state index contributed by atoms with van der Waals surface area (Å²) in [5.41, 5.74) is 3.55. The fourth-order valence-electron chi connectivity index (χ4n) is 3.86. The summed E-state index contributed by atoms with van der Waals surface area (Å²) in [4.78, 5) is 25.9. The Bertz CT molecular complexity index is 1230. The number of hydrogen-bond donors (Lipinski definition) is 2. The Morgan fingerprint density at radius 1 is 1.18 bits per heavy atom. The predicted octanol–water partition coefficient (Wildman–Crippen LogP) is 4.02. The number of nitrogens with one attached hydrogen (secondary N) is 2. The third-order valence-electron chi connectivity index (χ3n) is 5.76. The molecule has 1 atom stereocenters. The topological polar surface area (TPSA) is 87.5 Å². The van der Waals surface area contributed by atoms with Crippen molar-refractivity contribution in [2.24, 2.45) is 0 Å². The van der Waals surface area contributed by atoms with E-state index in [9.17, 15) is 4.79 Å². The number of nitrogens with zero attached hydrogens (tertiary/aromatic N) is 5. The molecule has 2 N–H and O–H groups in total. The van der Waals surface area contributed by atoms with Gasteiger partial charge in [-0.2, -0.15) is 5.10 Å². The van der Waals surface area contributed by atoms with Gasteiger partial charge in [0.05, 0.1) is 28.0 Å². The molecule has 4 rings (SSSR count). The van der Waals surface area contributed by atoms with Crippen LogP contribution in [0.15, 0.2) is 48.1 Å². The maximum Gasteiger partial charge on any atom is 0.251 e. The SMILES string of the molecule is CCN(CC)[C@@H](C)CNC(=O)c1cc(NC)nc(-c2cnn3ccc(-c4cccs4)nc23)c1. The Kier molecular flexibility index (Phi) is 7.00. The smallest absolute Gasteiger partial charge is 0.251 e. The van der Waals surface area contributed by atoms with Gasteiger partial charge in [0.15, 0.2) is 5.65 Å². The van der Waals surface area contributed by atoms with Crippen LogP contribution in [0.3, 0.4) is 0 Å². The summed E-state index contributed by atoms with van der Waals surface area (Å²) in [6.45, 7) is 8.86. The molecule has 0 fully saturated rings. The zero-order valence-electron chi connectivity index (χ0n) is 19.4. The molecular weight excluding hydrogens is 434 g/mol. The van der Waals surface area contributed by atoms with E-state index in [4.69, 9.17) is 4.98 Å². The fourth-order valence-corrected chi connectivity index (χ4v) is 4.55. The summed E-state index contributed by atoms with van der Waals surface area (Å²) in [5.74, 6) is 0.487. The van der Waals surface area contributed by atoms with Crippen LogP contribution in [-0.4, -0.2) is 63.1 Å². The summed E-state index contributed by atoms with van der Waals surface area (Å²) in [6, 6.07) is 9.82. The first kappa shape index (κ1) is 22.9. The third-order valence-corrected chi connectivity index (χ3v) is 6.65. The van der Waals surface area contributed by atoms with Crippen LogP contribution in [0.2, 0.25) is 0 Å². The minimum Gasteiger partial charge on any atom is -0.373 e. The molecule has 0 unspecified atom stereocenters. The first-order valence-electron chi connectivity index (χ1n) is 11.1. The van der Waals surface area contributed by atoms with E-state index in [1.165, 1.54) is 0 Å². The van der Waals surface area contributed by atoms with Crippen LogP contribution in [-0.2, 0) is 0 Å². The van der Waals surface area contributed by atoms with Gasteiger partial charge in [-0.05, 0) is 49.7 Å². The highest BCUT2D eigenvalue weighted by molar-refractivity contribution is 7.13. The molecule has 33 heavy (non-hydrogen) atoms. The lowest BCUT2D eigenvalue weighted by Crippen LogP contribution is -2.42. The molecule has 8 nitrogen and oxygen atoms in total. The Hall–Kier alpha value is -3.30. The first-order chi connectivity index (χ1) is 16.0. The highest BCUT2D eigenvalue weighted by Crippen LogP contribution is 2.28. The van der Waals surface area contributed by atoms with Crippen LogP contribution in [0.4, 0.5) is 5.82 Å². The van der Waals surface area contributed by atoms with Gasteiger partial charge in [-0.25, -0.2) is 14.5 Å². The second-order valence-electron chi connectivity index (χ2n) is 7.77. The van der Waals surface area contributed by atoms with Gasteiger partial charge in [0.1, 0.15) is 5.82 Å². The minimum atomic E-state index is -0.127. The highest BCUT2D eigenvalue weighted by atomic mass is 32.1. The molecule has 4 heterocycles. The molecule has 9 heteroatoms. The minimum absolute atomic E-state index is 0.127. The Labute approximate surface area is 197 Å². The van der Waals surface area contributed by atoms with Crippen LogP contribution >= 0.6 is 11.3 Å². The van der Waals surface area contributed by atoms with Crippen molar-refractivity contribution in [2.75, 3.05) is 32.0 Å². The van der Waals surface area contributed by atoms with E-state index >= 15 is 0 Å². The average Bonchev–Trinajstić information content (AvgIpc) is 3.52. The Balaban J connectivity index is 1.65. The number of rotatable bonds is 9. The van der Waals surface area contributed by atoms with E-state index in [0.29, 0.717) is 29.3 Å². The van der Waals surface area contributed by atoms with Crippen molar-refractivity contribution in [2.45, 2.75) is 26.8 Å². The molecule has 0 radical (unpaired) electrons. The average molecular weight is 464 g/mol. The molecule has 0 saturated carbocycles. The lowest BCUT2D eigenvalue weighted by Gasteiger charge is -2.26. The van der Waals surface area contributed by atoms with E-state index in [1.54, 1.807) is 41.2 Å². The molecule has 1 amide bonds. The summed E-state index contributed by atoms with van der Waals surface area (Å²) in [5, 5.41) is 12.6. The van der Waals surface area contributed by atoms with Crippen molar-refractivity contribution in [3.05, 3.63) is 53.7 Å². The maximum atomic E-state index is 13.0. The van der Waals surface area contributed by atoms with Crippen LogP contribution in [0.25, 0.3) is 27.5 Å². The second-order valence-corrected chi connectivity index (χ2v) is 8.72. The zero-order chi connectivity index (χ0) is 23.4. The molecule has 0 spiro atoms. The molecule has 4 aromatic heterocycles. The maximum absolute atomic E-state index is 13.0. The molecule has 172 valence electrons. The standard InChI is InChI=1S/C24H29N7OS/c1-5-30(6-2)16(3)14-26-24(32)17-12-20(28-22(13-17)25-4)18-15-27-31-10-9-19(29-23(18)31)21-8-7-11-33-21/h7-13,15-16H,5-6,14H2,1-4H3,(H,25,28)(H,26,32)/t16-/m0/s1. The van der Waals surface area contributed by atoms with Crippen LogP contribution < -0.4 is 10.6 Å². The van der Waals surface area contributed by atoms with Gasteiger partial charge in [0.25, 0.3) is 5.91 Å². The van der Waals surface area contributed by atoms with Crippen molar-refractivity contribution in [3.8, 4) is 21.8 Å². The predicted molar refractivity (Wildman–Crippen MR) is 134 cm³/mol. The summed E-state index contributed by atoms with van der Waals surface area (Å²) in [6.07, 6.45) is 3.64. The fraction of sp³-hybridized carbons (Fsp3) is 0.333. The van der Waals surface area contributed by atoms with E-state index < -0.39 is 0 Å². The number of anilines is 1. The largest absolute Gasteiger partial charge is 0.373 e.